The van der Waals surface area contributed by atoms with Crippen molar-refractivity contribution in [3.8, 4) is 0 Å². The molecule has 0 radical (unpaired) electrons. The van der Waals surface area contributed by atoms with Gasteiger partial charge in [-0.2, -0.15) is 8.73 Å². The summed E-state index contributed by atoms with van der Waals surface area (Å²) in [6.45, 7) is 1.83. The molecule has 4 N–H and O–H groups in total. The van der Waals surface area contributed by atoms with Gasteiger partial charge < -0.3 is 10.7 Å². The minimum Gasteiger partial charge on any atom is -0.337 e. The summed E-state index contributed by atoms with van der Waals surface area (Å²) in [4.78, 5) is 8.20. The minimum absolute atomic E-state index is 0.431. The van der Waals surface area contributed by atoms with Gasteiger partial charge in [-0.05, 0) is 13.0 Å². The number of nitrogens with zero attached hydrogens (tertiary/aromatic N) is 4. The molecular formula is C11H9Cl2N7S. The standard InChI is InChI=1S/C11H9Cl2N7S/c1-4-10(15-3-16-11(4)18-14)17-7-5(12)2-6(13)8-9(7)20-21-19-8/h2-3H,14H2,1H3,(H2,15,16,17,18). The lowest BCUT2D eigenvalue weighted by Crippen LogP contribution is -2.11. The van der Waals surface area contributed by atoms with E-state index >= 15 is 0 Å². The smallest absolute Gasteiger partial charge is 0.148 e. The molecule has 2 heterocycles. The lowest BCUT2D eigenvalue weighted by molar-refractivity contribution is 1.11. The molecule has 0 fully saturated rings. The van der Waals surface area contributed by atoms with Crippen molar-refractivity contribution < 1.29 is 0 Å². The van der Waals surface area contributed by atoms with Crippen LogP contribution >= 0.6 is 23.2 Å². The van der Waals surface area contributed by atoms with E-state index in [2.05, 4.69) is 29.4 Å². The molecule has 10 heteroatoms. The molecule has 1 aliphatic heterocycles. The van der Waals surface area contributed by atoms with Crippen LogP contribution in [0.25, 0.3) is 0 Å². The van der Waals surface area contributed by atoms with Crippen LogP contribution in [0.2, 0.25) is 10.0 Å². The largest absolute Gasteiger partial charge is 0.337 e. The molecule has 1 aliphatic rings. The average Bonchev–Trinajstić information content (AvgIpc) is 2.95. The zero-order valence-corrected chi connectivity index (χ0v) is 13.0. The van der Waals surface area contributed by atoms with Gasteiger partial charge in [-0.1, -0.05) is 23.2 Å². The Hall–Kier alpha value is -1.74. The van der Waals surface area contributed by atoms with Crippen molar-refractivity contribution in [1.29, 1.82) is 0 Å². The number of hydrazine groups is 1. The quantitative estimate of drug-likeness (QED) is 0.496. The van der Waals surface area contributed by atoms with E-state index < -0.39 is 0 Å². The highest BCUT2D eigenvalue weighted by Crippen LogP contribution is 2.48. The van der Waals surface area contributed by atoms with Gasteiger partial charge in [0.05, 0.1) is 27.1 Å². The number of nitrogens with two attached hydrogens (primary N) is 1. The van der Waals surface area contributed by atoms with Crippen LogP contribution in [0.5, 0.6) is 0 Å². The van der Waals surface area contributed by atoms with Crippen molar-refractivity contribution in [2.24, 2.45) is 14.6 Å². The average molecular weight is 342 g/mol. The van der Waals surface area contributed by atoms with Crippen LogP contribution in [-0.4, -0.2) is 9.97 Å². The first-order valence-electron chi connectivity index (χ1n) is 5.77. The number of nitrogens with one attached hydrogen (secondary N) is 2. The summed E-state index contributed by atoms with van der Waals surface area (Å²) in [7, 11) is 0. The number of aromatic nitrogens is 2. The van der Waals surface area contributed by atoms with Crippen molar-refractivity contribution in [1.82, 2.24) is 9.97 Å². The van der Waals surface area contributed by atoms with Gasteiger partial charge in [0.1, 0.15) is 29.3 Å². The maximum atomic E-state index is 6.25. The number of halogens is 2. The van der Waals surface area contributed by atoms with Gasteiger partial charge in [0.25, 0.3) is 0 Å². The predicted molar refractivity (Wildman–Crippen MR) is 85.9 cm³/mol. The topological polar surface area (TPSA) is 101 Å². The van der Waals surface area contributed by atoms with Gasteiger partial charge in [-0.15, -0.1) is 0 Å². The fourth-order valence-corrected chi connectivity index (χ4v) is 2.99. The molecule has 0 amide bonds. The third-order valence-electron chi connectivity index (χ3n) is 2.91. The van der Waals surface area contributed by atoms with Gasteiger partial charge in [0, 0.05) is 5.56 Å². The zero-order chi connectivity index (χ0) is 15.0. The van der Waals surface area contributed by atoms with E-state index in [0.29, 0.717) is 38.7 Å². The number of fused-ring (bicyclic) bond motifs is 1. The first kappa shape index (κ1) is 14.2. The van der Waals surface area contributed by atoms with Crippen LogP contribution in [0.3, 0.4) is 0 Å². The molecule has 108 valence electrons. The maximum absolute atomic E-state index is 6.25. The SMILES string of the molecule is Cc1c(NN)ncnc1Nc1c(Cl)cc(Cl)c2c1N=S=N2. The van der Waals surface area contributed by atoms with E-state index in [4.69, 9.17) is 29.0 Å². The first-order valence-corrected chi connectivity index (χ1v) is 7.26. The Morgan fingerprint density at radius 1 is 1.10 bits per heavy atom. The molecule has 0 aliphatic carbocycles. The third-order valence-corrected chi connectivity index (χ3v) is 4.02. The molecule has 0 unspecified atom stereocenters. The highest BCUT2D eigenvalue weighted by atomic mass is 35.5. The van der Waals surface area contributed by atoms with E-state index in [9.17, 15) is 0 Å². The lowest BCUT2D eigenvalue weighted by atomic mass is 10.2. The number of rotatable bonds is 3. The number of anilines is 3. The maximum Gasteiger partial charge on any atom is 0.148 e. The molecule has 0 atom stereocenters. The molecule has 21 heavy (non-hydrogen) atoms. The predicted octanol–water partition coefficient (Wildman–Crippen LogP) is 3.85. The summed E-state index contributed by atoms with van der Waals surface area (Å²) in [6, 6.07) is 1.62. The summed E-state index contributed by atoms with van der Waals surface area (Å²) in [5.74, 6) is 6.49. The van der Waals surface area contributed by atoms with E-state index in [1.54, 1.807) is 6.07 Å². The number of hydrogen-bond donors (Lipinski definition) is 3. The summed E-state index contributed by atoms with van der Waals surface area (Å²) >= 11 is 13.4. The van der Waals surface area contributed by atoms with Crippen molar-refractivity contribution in [3.63, 3.8) is 0 Å². The molecule has 0 bridgehead atoms. The van der Waals surface area contributed by atoms with Crippen LogP contribution in [0.15, 0.2) is 21.1 Å². The first-order chi connectivity index (χ1) is 10.1. The monoisotopic (exact) mass is 341 g/mol. The van der Waals surface area contributed by atoms with Crippen LogP contribution in [0, 0.1) is 6.92 Å². The molecule has 3 rings (SSSR count). The Morgan fingerprint density at radius 3 is 2.57 bits per heavy atom. The van der Waals surface area contributed by atoms with Crippen molar-refractivity contribution >= 4 is 63.3 Å². The number of benzene rings is 1. The summed E-state index contributed by atoms with van der Waals surface area (Å²) in [5, 5.41) is 4.03. The van der Waals surface area contributed by atoms with Gasteiger partial charge in [-0.3, -0.25) is 0 Å². The van der Waals surface area contributed by atoms with E-state index in [1.807, 2.05) is 6.92 Å². The molecule has 1 aromatic heterocycles. The fraction of sp³-hybridized carbons (Fsp3) is 0.0909. The van der Waals surface area contributed by atoms with E-state index in [-0.39, 0.29) is 0 Å². The summed E-state index contributed by atoms with van der Waals surface area (Å²) in [5.41, 5.74) is 5.04. The number of nitrogen functional groups attached to an aromatic ring is 1. The van der Waals surface area contributed by atoms with Gasteiger partial charge in [0.15, 0.2) is 0 Å². The molecular weight excluding hydrogens is 333 g/mol. The Bertz CT molecular complexity index is 802. The second kappa shape index (κ2) is 5.57. The highest BCUT2D eigenvalue weighted by molar-refractivity contribution is 7.58. The normalized spacial score (nSPS) is 12.0. The second-order valence-electron chi connectivity index (χ2n) is 4.14. The van der Waals surface area contributed by atoms with E-state index in [1.165, 1.54) is 6.33 Å². The van der Waals surface area contributed by atoms with Gasteiger partial charge in [0.2, 0.25) is 0 Å². The Morgan fingerprint density at radius 2 is 1.81 bits per heavy atom. The zero-order valence-electron chi connectivity index (χ0n) is 10.7. The summed E-state index contributed by atoms with van der Waals surface area (Å²) in [6.07, 6.45) is 1.39. The highest BCUT2D eigenvalue weighted by Gasteiger charge is 2.20. The second-order valence-corrected chi connectivity index (χ2v) is 5.48. The third kappa shape index (κ3) is 2.46. The molecule has 7 nitrogen and oxygen atoms in total. The molecule has 2 aromatic rings. The van der Waals surface area contributed by atoms with Crippen molar-refractivity contribution in [2.75, 3.05) is 10.7 Å². The number of hydrogen-bond acceptors (Lipinski definition) is 7. The van der Waals surface area contributed by atoms with Crippen LogP contribution in [0.4, 0.5) is 28.7 Å². The van der Waals surface area contributed by atoms with E-state index in [0.717, 1.165) is 16.9 Å². The lowest BCUT2D eigenvalue weighted by Gasteiger charge is -2.14. The van der Waals surface area contributed by atoms with Crippen LogP contribution < -0.4 is 16.6 Å². The van der Waals surface area contributed by atoms with Crippen molar-refractivity contribution in [3.05, 3.63) is 28.0 Å². The summed E-state index contributed by atoms with van der Waals surface area (Å²) < 4.78 is 8.38. The Kier molecular flexibility index (Phi) is 3.77. The Balaban J connectivity index is 2.08. The van der Waals surface area contributed by atoms with Crippen LogP contribution in [-0.2, 0) is 11.4 Å². The molecule has 0 spiro atoms. The minimum atomic E-state index is 0.431. The van der Waals surface area contributed by atoms with Gasteiger partial charge >= 0.3 is 0 Å². The molecule has 0 saturated heterocycles. The molecule has 1 aromatic carbocycles. The Labute approximate surface area is 133 Å². The van der Waals surface area contributed by atoms with Crippen molar-refractivity contribution in [2.45, 2.75) is 6.92 Å². The molecule has 0 saturated carbocycles. The van der Waals surface area contributed by atoms with Crippen LogP contribution in [0.1, 0.15) is 5.56 Å². The van der Waals surface area contributed by atoms with Gasteiger partial charge in [-0.25, -0.2) is 15.8 Å². The fourth-order valence-electron chi connectivity index (χ4n) is 1.83.